The number of alkyl halides is 3. The van der Waals surface area contributed by atoms with E-state index < -0.39 is 12.7 Å². The molecule has 0 aliphatic carbocycles. The summed E-state index contributed by atoms with van der Waals surface area (Å²) in [7, 11) is 0. The molecule has 1 N–H and O–H groups in total. The molecule has 0 amide bonds. The minimum Gasteiger partial charge on any atom is -0.380 e. The Balaban J connectivity index is 1.82. The second-order valence-electron chi connectivity index (χ2n) is 5.92. The first-order chi connectivity index (χ1) is 9.99. The van der Waals surface area contributed by atoms with Crippen LogP contribution in [0.15, 0.2) is 0 Å². The lowest BCUT2D eigenvalue weighted by Gasteiger charge is -2.44. The molecule has 21 heavy (non-hydrogen) atoms. The Labute approximate surface area is 124 Å². The second kappa shape index (κ2) is 7.76. The monoisotopic (exact) mass is 309 g/mol. The highest BCUT2D eigenvalue weighted by Gasteiger charge is 2.35. The van der Waals surface area contributed by atoms with Gasteiger partial charge in [0, 0.05) is 44.9 Å². The Bertz CT molecular complexity index is 306. The van der Waals surface area contributed by atoms with Gasteiger partial charge in [0.2, 0.25) is 0 Å². The number of piperazine rings is 1. The summed E-state index contributed by atoms with van der Waals surface area (Å²) in [4.78, 5) is 3.79. The Morgan fingerprint density at radius 2 is 1.90 bits per heavy atom. The lowest BCUT2D eigenvalue weighted by molar-refractivity contribution is -0.151. The van der Waals surface area contributed by atoms with Gasteiger partial charge in [0.25, 0.3) is 0 Å². The standard InChI is InChI=1S/C14H26F3N3O/c1-2-4-18-12-3-9-21-10-13(12)20-7-5-19(6-8-20)11-14(15,16)17/h12-13,18H,2-11H2,1H3. The van der Waals surface area contributed by atoms with Crippen LogP contribution < -0.4 is 5.32 Å². The van der Waals surface area contributed by atoms with Crippen molar-refractivity contribution in [2.75, 3.05) is 52.5 Å². The molecule has 2 aliphatic rings. The Hall–Kier alpha value is -0.370. The van der Waals surface area contributed by atoms with Gasteiger partial charge in [0.15, 0.2) is 0 Å². The van der Waals surface area contributed by atoms with Gasteiger partial charge in [-0.15, -0.1) is 0 Å². The lowest BCUT2D eigenvalue weighted by Crippen LogP contribution is -2.60. The molecule has 2 heterocycles. The van der Waals surface area contributed by atoms with Crippen molar-refractivity contribution in [1.82, 2.24) is 15.1 Å². The van der Waals surface area contributed by atoms with E-state index >= 15 is 0 Å². The highest BCUT2D eigenvalue weighted by Crippen LogP contribution is 2.20. The molecule has 4 nitrogen and oxygen atoms in total. The van der Waals surface area contributed by atoms with Crippen molar-refractivity contribution >= 4 is 0 Å². The van der Waals surface area contributed by atoms with Crippen LogP contribution in [-0.2, 0) is 4.74 Å². The number of nitrogens with one attached hydrogen (secondary N) is 1. The van der Waals surface area contributed by atoms with Crippen molar-refractivity contribution < 1.29 is 17.9 Å². The average Bonchev–Trinajstić information content (AvgIpc) is 2.45. The van der Waals surface area contributed by atoms with E-state index in [2.05, 4.69) is 17.1 Å². The molecule has 2 unspecified atom stereocenters. The number of hydrogen-bond donors (Lipinski definition) is 1. The van der Waals surface area contributed by atoms with Crippen LogP contribution in [0.2, 0.25) is 0 Å². The molecule has 0 aromatic carbocycles. The molecule has 0 aromatic heterocycles. The Morgan fingerprint density at radius 1 is 1.19 bits per heavy atom. The van der Waals surface area contributed by atoms with Gasteiger partial charge in [-0.1, -0.05) is 6.92 Å². The van der Waals surface area contributed by atoms with Crippen molar-refractivity contribution in [3.8, 4) is 0 Å². The van der Waals surface area contributed by atoms with Crippen molar-refractivity contribution in [2.24, 2.45) is 0 Å². The number of ether oxygens (including phenoxy) is 1. The first-order valence-electron chi connectivity index (χ1n) is 7.84. The summed E-state index contributed by atoms with van der Waals surface area (Å²) in [5, 5.41) is 3.55. The third kappa shape index (κ3) is 5.39. The molecule has 2 rings (SSSR count). The van der Waals surface area contributed by atoms with E-state index in [0.29, 0.717) is 44.9 Å². The van der Waals surface area contributed by atoms with Crippen molar-refractivity contribution in [3.05, 3.63) is 0 Å². The number of halogens is 3. The van der Waals surface area contributed by atoms with Gasteiger partial charge in [-0.05, 0) is 19.4 Å². The summed E-state index contributed by atoms with van der Waals surface area (Å²) in [6, 6.07) is 0.686. The molecule has 0 saturated carbocycles. The number of rotatable bonds is 5. The summed E-state index contributed by atoms with van der Waals surface area (Å²) < 4.78 is 42.8. The van der Waals surface area contributed by atoms with E-state index in [9.17, 15) is 13.2 Å². The van der Waals surface area contributed by atoms with E-state index in [4.69, 9.17) is 4.74 Å². The maximum atomic E-state index is 12.4. The fraction of sp³-hybridized carbons (Fsp3) is 1.00. The summed E-state index contributed by atoms with van der Waals surface area (Å²) >= 11 is 0. The summed E-state index contributed by atoms with van der Waals surface area (Å²) in [6.45, 7) is 6.12. The van der Waals surface area contributed by atoms with Gasteiger partial charge in [-0.2, -0.15) is 13.2 Å². The fourth-order valence-electron chi connectivity index (χ4n) is 3.16. The van der Waals surface area contributed by atoms with Crippen molar-refractivity contribution in [2.45, 2.75) is 38.0 Å². The van der Waals surface area contributed by atoms with Crippen LogP contribution in [0.4, 0.5) is 13.2 Å². The summed E-state index contributed by atoms with van der Waals surface area (Å²) in [5.41, 5.74) is 0. The maximum absolute atomic E-state index is 12.4. The summed E-state index contributed by atoms with van der Waals surface area (Å²) in [6.07, 6.45) is -2.03. The zero-order valence-electron chi connectivity index (χ0n) is 12.7. The maximum Gasteiger partial charge on any atom is 0.401 e. The fourth-order valence-corrected chi connectivity index (χ4v) is 3.16. The predicted molar refractivity (Wildman–Crippen MR) is 75.4 cm³/mol. The molecule has 0 bridgehead atoms. The normalized spacial score (nSPS) is 29.7. The average molecular weight is 309 g/mol. The molecule has 2 saturated heterocycles. The van der Waals surface area contributed by atoms with E-state index in [-0.39, 0.29) is 0 Å². The van der Waals surface area contributed by atoms with E-state index in [1.54, 1.807) is 0 Å². The van der Waals surface area contributed by atoms with Gasteiger partial charge < -0.3 is 10.1 Å². The highest BCUT2D eigenvalue weighted by molar-refractivity contribution is 4.89. The lowest BCUT2D eigenvalue weighted by atomic mass is 10.0. The second-order valence-corrected chi connectivity index (χ2v) is 5.92. The first-order valence-corrected chi connectivity index (χ1v) is 7.84. The van der Waals surface area contributed by atoms with Crippen molar-refractivity contribution in [1.29, 1.82) is 0 Å². The molecular formula is C14H26F3N3O. The minimum absolute atomic E-state index is 0.290. The quantitative estimate of drug-likeness (QED) is 0.829. The van der Waals surface area contributed by atoms with Crippen LogP contribution in [0, 0.1) is 0 Å². The van der Waals surface area contributed by atoms with Crippen LogP contribution in [0.5, 0.6) is 0 Å². The van der Waals surface area contributed by atoms with E-state index in [1.807, 2.05) is 0 Å². The first kappa shape index (κ1) is 17.0. The molecule has 0 spiro atoms. The van der Waals surface area contributed by atoms with Gasteiger partial charge in [0.05, 0.1) is 13.2 Å². The molecule has 124 valence electrons. The van der Waals surface area contributed by atoms with Crippen LogP contribution in [0.1, 0.15) is 19.8 Å². The predicted octanol–water partition coefficient (Wildman–Crippen LogP) is 1.32. The van der Waals surface area contributed by atoms with Gasteiger partial charge in [0.1, 0.15) is 0 Å². The smallest absolute Gasteiger partial charge is 0.380 e. The molecule has 2 fully saturated rings. The Morgan fingerprint density at radius 3 is 2.52 bits per heavy atom. The van der Waals surface area contributed by atoms with E-state index in [1.165, 1.54) is 4.90 Å². The number of hydrogen-bond acceptors (Lipinski definition) is 4. The van der Waals surface area contributed by atoms with Crippen LogP contribution in [0.3, 0.4) is 0 Å². The molecule has 2 atom stereocenters. The zero-order valence-corrected chi connectivity index (χ0v) is 12.7. The van der Waals surface area contributed by atoms with Crippen LogP contribution in [-0.4, -0.2) is 80.5 Å². The van der Waals surface area contributed by atoms with Gasteiger partial charge in [-0.3, -0.25) is 9.80 Å². The third-order valence-corrected chi connectivity index (χ3v) is 4.26. The third-order valence-electron chi connectivity index (χ3n) is 4.26. The molecule has 0 radical (unpaired) electrons. The molecule has 2 aliphatic heterocycles. The highest BCUT2D eigenvalue weighted by atomic mass is 19.4. The molecular weight excluding hydrogens is 283 g/mol. The van der Waals surface area contributed by atoms with Crippen molar-refractivity contribution in [3.63, 3.8) is 0 Å². The van der Waals surface area contributed by atoms with Gasteiger partial charge in [-0.25, -0.2) is 0 Å². The SMILES string of the molecule is CCCNC1CCOCC1N1CCN(CC(F)(F)F)CC1. The Kier molecular flexibility index (Phi) is 6.28. The number of nitrogens with zero attached hydrogens (tertiary/aromatic N) is 2. The summed E-state index contributed by atoms with van der Waals surface area (Å²) in [5.74, 6) is 0. The van der Waals surface area contributed by atoms with Crippen LogP contribution in [0.25, 0.3) is 0 Å². The molecule has 0 aromatic rings. The topological polar surface area (TPSA) is 27.7 Å². The largest absolute Gasteiger partial charge is 0.401 e. The zero-order chi connectivity index (χ0) is 15.3. The minimum atomic E-state index is -4.10. The van der Waals surface area contributed by atoms with E-state index in [0.717, 1.165) is 26.0 Å². The van der Waals surface area contributed by atoms with Crippen LogP contribution >= 0.6 is 0 Å². The van der Waals surface area contributed by atoms with Gasteiger partial charge >= 0.3 is 6.18 Å². The molecule has 7 heteroatoms.